The molecule has 0 bridgehead atoms. The average molecular weight is 272 g/mol. The first-order chi connectivity index (χ1) is 7.02. The second-order valence-corrected chi connectivity index (χ2v) is 4.35. The maximum absolute atomic E-state index is 10.6. The smallest absolute Gasteiger partial charge is 0.308 e. The largest absolute Gasteiger partial charge is 0.481 e. The van der Waals surface area contributed by atoms with Gasteiger partial charge in [0.05, 0.1) is 5.92 Å². The van der Waals surface area contributed by atoms with E-state index in [9.17, 15) is 4.79 Å². The molecule has 1 atom stereocenters. The van der Waals surface area contributed by atoms with Gasteiger partial charge in [-0.15, -0.1) is 0 Å². The summed E-state index contributed by atoms with van der Waals surface area (Å²) in [5.74, 6) is -1.18. The highest BCUT2D eigenvalue weighted by atomic mass is 79.9. The highest BCUT2D eigenvalue weighted by molar-refractivity contribution is 9.10. The third-order valence-corrected chi connectivity index (χ3v) is 3.26. The molecule has 0 aliphatic rings. The molecular weight excluding hydrogens is 258 g/mol. The van der Waals surface area contributed by atoms with Gasteiger partial charge in [-0.25, -0.2) is 0 Å². The number of aliphatic carboxylic acids is 1. The third kappa shape index (κ3) is 3.23. The zero-order valence-corrected chi connectivity index (χ0v) is 10.3. The van der Waals surface area contributed by atoms with Crippen LogP contribution in [0.1, 0.15) is 12.5 Å². The van der Waals surface area contributed by atoms with Gasteiger partial charge >= 0.3 is 5.97 Å². The summed E-state index contributed by atoms with van der Waals surface area (Å²) >= 11 is 3.46. The molecule has 0 fully saturated rings. The highest BCUT2D eigenvalue weighted by Crippen LogP contribution is 2.25. The number of hydrogen-bond acceptors (Lipinski definition) is 2. The van der Waals surface area contributed by atoms with E-state index in [1.54, 1.807) is 6.92 Å². The molecule has 1 rings (SSSR count). The van der Waals surface area contributed by atoms with Gasteiger partial charge in [-0.1, -0.05) is 19.1 Å². The van der Waals surface area contributed by atoms with Crippen molar-refractivity contribution in [1.82, 2.24) is 0 Å². The summed E-state index contributed by atoms with van der Waals surface area (Å²) < 4.78 is 0.989. The van der Waals surface area contributed by atoms with Gasteiger partial charge in [0.1, 0.15) is 0 Å². The van der Waals surface area contributed by atoms with Gasteiger partial charge in [0.15, 0.2) is 0 Å². The van der Waals surface area contributed by atoms with E-state index in [4.69, 9.17) is 5.11 Å². The van der Waals surface area contributed by atoms with Crippen LogP contribution in [0.5, 0.6) is 0 Å². The summed E-state index contributed by atoms with van der Waals surface area (Å²) in [4.78, 5) is 10.6. The maximum atomic E-state index is 10.6. The summed E-state index contributed by atoms with van der Waals surface area (Å²) in [6.45, 7) is 4.10. The monoisotopic (exact) mass is 271 g/mol. The maximum Gasteiger partial charge on any atom is 0.308 e. The molecular formula is C11H14BrNO2. The van der Waals surface area contributed by atoms with Crippen LogP contribution < -0.4 is 5.32 Å². The zero-order valence-electron chi connectivity index (χ0n) is 8.75. The van der Waals surface area contributed by atoms with Crippen molar-refractivity contribution in [1.29, 1.82) is 0 Å². The molecule has 0 amide bonds. The van der Waals surface area contributed by atoms with Crippen molar-refractivity contribution < 1.29 is 9.90 Å². The van der Waals surface area contributed by atoms with E-state index in [2.05, 4.69) is 21.2 Å². The van der Waals surface area contributed by atoms with E-state index in [0.717, 1.165) is 15.7 Å². The van der Waals surface area contributed by atoms with E-state index in [1.807, 2.05) is 25.1 Å². The molecule has 0 aromatic heterocycles. The molecule has 0 heterocycles. The van der Waals surface area contributed by atoms with Crippen LogP contribution >= 0.6 is 15.9 Å². The van der Waals surface area contributed by atoms with Crippen molar-refractivity contribution in [3.05, 3.63) is 28.2 Å². The zero-order chi connectivity index (χ0) is 11.4. The van der Waals surface area contributed by atoms with Crippen LogP contribution in [-0.2, 0) is 4.79 Å². The van der Waals surface area contributed by atoms with Gasteiger partial charge in [0.25, 0.3) is 0 Å². The Bertz CT molecular complexity index is 366. The van der Waals surface area contributed by atoms with Gasteiger partial charge in [-0.2, -0.15) is 0 Å². The van der Waals surface area contributed by atoms with Crippen molar-refractivity contribution in [3.8, 4) is 0 Å². The first-order valence-electron chi connectivity index (χ1n) is 4.74. The average Bonchev–Trinajstić information content (AvgIpc) is 2.19. The molecule has 4 heteroatoms. The van der Waals surface area contributed by atoms with Crippen molar-refractivity contribution in [2.45, 2.75) is 13.8 Å². The molecule has 3 nitrogen and oxygen atoms in total. The van der Waals surface area contributed by atoms with Gasteiger partial charge in [0, 0.05) is 16.7 Å². The molecule has 0 aliphatic carbocycles. The molecule has 82 valence electrons. The van der Waals surface area contributed by atoms with Crippen LogP contribution in [-0.4, -0.2) is 17.6 Å². The van der Waals surface area contributed by atoms with Gasteiger partial charge in [-0.05, 0) is 34.5 Å². The molecule has 0 saturated heterocycles. The Morgan fingerprint density at radius 1 is 1.60 bits per heavy atom. The number of nitrogens with one attached hydrogen (secondary N) is 1. The van der Waals surface area contributed by atoms with Crippen molar-refractivity contribution in [2.75, 3.05) is 11.9 Å². The number of halogens is 1. The normalized spacial score (nSPS) is 12.2. The number of aryl methyl sites for hydroxylation is 1. The quantitative estimate of drug-likeness (QED) is 0.886. The molecule has 0 aliphatic heterocycles. The third-order valence-electron chi connectivity index (χ3n) is 2.21. The minimum absolute atomic E-state index is 0.391. The molecule has 1 unspecified atom stereocenters. The minimum Gasteiger partial charge on any atom is -0.481 e. The van der Waals surface area contributed by atoms with Gasteiger partial charge in [0.2, 0.25) is 0 Å². The summed E-state index contributed by atoms with van der Waals surface area (Å²) in [5.41, 5.74) is 2.06. The van der Waals surface area contributed by atoms with Crippen molar-refractivity contribution >= 4 is 27.6 Å². The topological polar surface area (TPSA) is 49.3 Å². The predicted octanol–water partition coefficient (Wildman–Crippen LogP) is 2.89. The van der Waals surface area contributed by atoms with Gasteiger partial charge in [-0.3, -0.25) is 4.79 Å². The number of carboxylic acids is 1. The highest BCUT2D eigenvalue weighted by Gasteiger charge is 2.11. The molecule has 1 aromatic carbocycles. The van der Waals surface area contributed by atoms with Crippen molar-refractivity contribution in [3.63, 3.8) is 0 Å². The first kappa shape index (κ1) is 12.0. The lowest BCUT2D eigenvalue weighted by molar-refractivity contribution is -0.140. The number of hydrogen-bond donors (Lipinski definition) is 2. The number of carbonyl (C=O) groups is 1. The van der Waals surface area contributed by atoms with Crippen LogP contribution in [0.4, 0.5) is 5.69 Å². The fraction of sp³-hybridized carbons (Fsp3) is 0.364. The first-order valence-corrected chi connectivity index (χ1v) is 5.53. The SMILES string of the molecule is Cc1cccc(NCC(C)C(=O)O)c1Br. The lowest BCUT2D eigenvalue weighted by Crippen LogP contribution is -2.19. The van der Waals surface area contributed by atoms with Crippen LogP contribution in [0.3, 0.4) is 0 Å². The standard InChI is InChI=1S/C11H14BrNO2/c1-7-4-3-5-9(10(7)12)13-6-8(2)11(14)15/h3-5,8,13H,6H2,1-2H3,(H,14,15). The van der Waals surface area contributed by atoms with E-state index in [1.165, 1.54) is 0 Å². The summed E-state index contributed by atoms with van der Waals surface area (Å²) in [5, 5.41) is 11.8. The lowest BCUT2D eigenvalue weighted by Gasteiger charge is -2.12. The Hall–Kier alpha value is -1.03. The fourth-order valence-electron chi connectivity index (χ4n) is 1.13. The van der Waals surface area contributed by atoms with E-state index < -0.39 is 11.9 Å². The summed E-state index contributed by atoms with van der Waals surface area (Å²) in [6, 6.07) is 5.86. The van der Waals surface area contributed by atoms with Crippen LogP contribution in [0.15, 0.2) is 22.7 Å². The van der Waals surface area contributed by atoms with E-state index in [-0.39, 0.29) is 0 Å². The number of benzene rings is 1. The Kier molecular flexibility index (Phi) is 4.15. The number of rotatable bonds is 4. The molecule has 15 heavy (non-hydrogen) atoms. The second-order valence-electron chi connectivity index (χ2n) is 3.56. The van der Waals surface area contributed by atoms with Crippen molar-refractivity contribution in [2.24, 2.45) is 5.92 Å². The molecule has 0 saturated carbocycles. The number of anilines is 1. The Labute approximate surface area is 97.6 Å². The Balaban J connectivity index is 2.66. The second kappa shape index (κ2) is 5.16. The summed E-state index contributed by atoms with van der Waals surface area (Å²) in [6.07, 6.45) is 0. The van der Waals surface area contributed by atoms with Crippen LogP contribution in [0, 0.1) is 12.8 Å². The Morgan fingerprint density at radius 2 is 2.27 bits per heavy atom. The molecule has 2 N–H and O–H groups in total. The van der Waals surface area contributed by atoms with Crippen LogP contribution in [0.2, 0.25) is 0 Å². The fourth-order valence-corrected chi connectivity index (χ4v) is 1.54. The summed E-state index contributed by atoms with van der Waals surface area (Å²) in [7, 11) is 0. The van der Waals surface area contributed by atoms with E-state index in [0.29, 0.717) is 6.54 Å². The number of carboxylic acid groups (broad SMARTS) is 1. The predicted molar refractivity (Wildman–Crippen MR) is 64.2 cm³/mol. The van der Waals surface area contributed by atoms with E-state index >= 15 is 0 Å². The minimum atomic E-state index is -0.786. The van der Waals surface area contributed by atoms with Gasteiger partial charge < -0.3 is 10.4 Å². The molecule has 1 aromatic rings. The lowest BCUT2D eigenvalue weighted by atomic mass is 10.1. The molecule has 0 radical (unpaired) electrons. The van der Waals surface area contributed by atoms with Crippen LogP contribution in [0.25, 0.3) is 0 Å². The molecule has 0 spiro atoms. The Morgan fingerprint density at radius 3 is 2.87 bits per heavy atom.